The number of halogens is 3. The number of alkyl halides is 3. The summed E-state index contributed by atoms with van der Waals surface area (Å²) in [6, 6.07) is 12.9. The smallest absolute Gasteiger partial charge is 0.406 e. The maximum atomic E-state index is 13.6. The Morgan fingerprint density at radius 1 is 1.07 bits per heavy atom. The van der Waals surface area contributed by atoms with E-state index in [0.29, 0.717) is 35.2 Å². The van der Waals surface area contributed by atoms with E-state index in [9.17, 15) is 18.0 Å². The normalized spacial score (nSPS) is 16.9. The van der Waals surface area contributed by atoms with Crippen LogP contribution in [0.15, 0.2) is 42.5 Å². The van der Waals surface area contributed by atoms with Crippen molar-refractivity contribution in [2.75, 3.05) is 58.6 Å². The van der Waals surface area contributed by atoms with Gasteiger partial charge in [-0.25, -0.2) is 0 Å². The van der Waals surface area contributed by atoms with Gasteiger partial charge in [-0.15, -0.1) is 0 Å². The highest BCUT2D eigenvalue weighted by Gasteiger charge is 2.30. The van der Waals surface area contributed by atoms with Crippen molar-refractivity contribution < 1.29 is 27.4 Å². The van der Waals surface area contributed by atoms with Crippen LogP contribution in [-0.2, 0) is 11.3 Å². The lowest BCUT2D eigenvalue weighted by Crippen LogP contribution is -2.36. The Morgan fingerprint density at radius 3 is 2.51 bits per heavy atom. The first kappa shape index (κ1) is 32.0. The van der Waals surface area contributed by atoms with E-state index in [1.165, 1.54) is 4.57 Å². The second-order valence-electron chi connectivity index (χ2n) is 10.9. The Labute approximate surface area is 250 Å². The molecule has 1 amide bonds. The minimum atomic E-state index is -4.41. The van der Waals surface area contributed by atoms with Crippen LogP contribution in [0.5, 0.6) is 5.75 Å². The summed E-state index contributed by atoms with van der Waals surface area (Å²) in [4.78, 5) is 14.3. The third-order valence-electron chi connectivity index (χ3n) is 7.67. The molecular weight excluding hydrogens is 559 g/mol. The lowest BCUT2D eigenvalue weighted by molar-refractivity contribution is -0.140. The molecule has 3 N–H and O–H groups in total. The first-order chi connectivity index (χ1) is 20.6. The van der Waals surface area contributed by atoms with Gasteiger partial charge in [-0.2, -0.15) is 13.2 Å². The molecule has 11 heteroatoms. The molecule has 0 aliphatic heterocycles. The van der Waals surface area contributed by atoms with Crippen LogP contribution in [0.4, 0.5) is 24.5 Å². The quantitative estimate of drug-likeness (QED) is 0.204. The third kappa shape index (κ3) is 8.58. The Morgan fingerprint density at radius 2 is 1.84 bits per heavy atom. The van der Waals surface area contributed by atoms with Crippen molar-refractivity contribution in [1.29, 1.82) is 0 Å². The number of hydrogen-bond acceptors (Lipinski definition) is 6. The van der Waals surface area contributed by atoms with Crippen molar-refractivity contribution in [3.63, 3.8) is 0 Å². The Bertz CT molecular complexity index is 1450. The summed E-state index contributed by atoms with van der Waals surface area (Å²) >= 11 is 0. The van der Waals surface area contributed by atoms with Crippen LogP contribution in [0.1, 0.15) is 41.7 Å². The fourth-order valence-electron chi connectivity index (χ4n) is 5.40. The first-order valence-electron chi connectivity index (χ1n) is 14.4. The molecule has 3 aromatic rings. The number of anilines is 2. The summed E-state index contributed by atoms with van der Waals surface area (Å²) < 4.78 is 53.0. The number of fused-ring (bicyclic) bond motifs is 1. The summed E-state index contributed by atoms with van der Waals surface area (Å²) in [5.74, 6) is 6.10. The molecule has 1 aliphatic carbocycles. The fourth-order valence-corrected chi connectivity index (χ4v) is 5.40. The van der Waals surface area contributed by atoms with E-state index in [2.05, 4.69) is 46.8 Å². The van der Waals surface area contributed by atoms with Gasteiger partial charge < -0.3 is 34.9 Å². The van der Waals surface area contributed by atoms with E-state index >= 15 is 0 Å². The predicted octanol–water partition coefficient (Wildman–Crippen LogP) is 5.34. The zero-order chi connectivity index (χ0) is 31.0. The largest absolute Gasteiger partial charge is 0.489 e. The Hall–Kier alpha value is -3.88. The maximum Gasteiger partial charge on any atom is 0.406 e. The molecule has 0 saturated heterocycles. The second kappa shape index (κ2) is 14.5. The summed E-state index contributed by atoms with van der Waals surface area (Å²) in [6.45, 7) is -0.349. The number of carbonyl (C=O) groups is 1. The van der Waals surface area contributed by atoms with Gasteiger partial charge in [0.15, 0.2) is 0 Å². The molecule has 1 aliphatic rings. The zero-order valence-electron chi connectivity index (χ0n) is 25.1. The van der Waals surface area contributed by atoms with Crippen molar-refractivity contribution in [3.05, 3.63) is 53.7 Å². The summed E-state index contributed by atoms with van der Waals surface area (Å²) in [5, 5.41) is 10.0. The number of rotatable bonds is 11. The number of aromatic nitrogens is 1. The molecule has 4 rings (SSSR count). The minimum absolute atomic E-state index is 0.147. The van der Waals surface area contributed by atoms with Gasteiger partial charge >= 0.3 is 6.18 Å². The van der Waals surface area contributed by atoms with E-state index in [0.717, 1.165) is 36.8 Å². The highest BCUT2D eigenvalue weighted by molar-refractivity contribution is 5.95. The third-order valence-corrected chi connectivity index (χ3v) is 7.67. The van der Waals surface area contributed by atoms with Gasteiger partial charge in [0.05, 0.1) is 30.0 Å². The van der Waals surface area contributed by atoms with Gasteiger partial charge in [0.25, 0.3) is 5.91 Å². The second-order valence-corrected chi connectivity index (χ2v) is 10.9. The Balaban J connectivity index is 1.55. The van der Waals surface area contributed by atoms with Crippen molar-refractivity contribution in [1.82, 2.24) is 14.8 Å². The lowest BCUT2D eigenvalue weighted by Gasteiger charge is -2.33. The number of benzene rings is 2. The zero-order valence-corrected chi connectivity index (χ0v) is 25.1. The number of ether oxygens (including phenoxy) is 2. The van der Waals surface area contributed by atoms with Crippen LogP contribution in [-0.4, -0.2) is 81.6 Å². The number of amides is 1. The average Bonchev–Trinajstić information content (AvgIpc) is 3.32. The molecule has 0 spiro atoms. The summed E-state index contributed by atoms with van der Waals surface area (Å²) in [6.07, 6.45) is -0.250. The molecule has 8 nitrogen and oxygen atoms in total. The van der Waals surface area contributed by atoms with Crippen LogP contribution in [0.25, 0.3) is 10.9 Å². The van der Waals surface area contributed by atoms with Gasteiger partial charge in [0.2, 0.25) is 0 Å². The van der Waals surface area contributed by atoms with Gasteiger partial charge in [0, 0.05) is 42.9 Å². The molecule has 0 bridgehead atoms. The first-order valence-corrected chi connectivity index (χ1v) is 14.4. The molecular formula is C32H40F3N5O3. The molecule has 1 fully saturated rings. The average molecular weight is 600 g/mol. The molecule has 0 unspecified atom stereocenters. The molecule has 232 valence electrons. The van der Waals surface area contributed by atoms with E-state index < -0.39 is 12.7 Å². The molecule has 1 saturated carbocycles. The Kier molecular flexibility index (Phi) is 10.8. The van der Waals surface area contributed by atoms with Gasteiger partial charge in [0.1, 0.15) is 18.9 Å². The van der Waals surface area contributed by atoms with E-state index in [-0.39, 0.29) is 30.8 Å². The van der Waals surface area contributed by atoms with E-state index in [1.807, 2.05) is 6.07 Å². The topological polar surface area (TPSA) is 79.8 Å². The van der Waals surface area contributed by atoms with Crippen molar-refractivity contribution in [2.45, 2.75) is 50.5 Å². The minimum Gasteiger partial charge on any atom is -0.489 e. The maximum absolute atomic E-state index is 13.6. The monoisotopic (exact) mass is 599 g/mol. The van der Waals surface area contributed by atoms with E-state index in [4.69, 9.17) is 9.47 Å². The number of nitrogens with zero attached hydrogens (tertiary/aromatic N) is 2. The van der Waals surface area contributed by atoms with Crippen LogP contribution in [0.3, 0.4) is 0 Å². The number of nitrogens with one attached hydrogen (secondary N) is 3. The SMILES string of the molecule is CNC(=O)c1ccc(NCC#Cc2cc3c(N[C@H]4CC[C@H](N(C)C)CC4)cccc3n2CC(F)(F)F)c(OCCOC)c1. The standard InChI is InChI=1S/C32H40F3N5O3/c1-36-31(41)22-10-15-28(30(19-22)43-18-17-42-4)37-16-6-7-25-20-26-27(38-23-11-13-24(14-12-23)39(2)3)8-5-9-29(26)40(25)21-32(33,34)35/h5,8-10,15,19-20,23-24,37-38H,11-14,16-18,21H2,1-4H3,(H,36,41)/t23-,24-. The van der Waals surface area contributed by atoms with Gasteiger partial charge in [-0.3, -0.25) is 4.79 Å². The summed E-state index contributed by atoms with van der Waals surface area (Å²) in [7, 11) is 7.30. The number of methoxy groups -OCH3 is 1. The van der Waals surface area contributed by atoms with Crippen LogP contribution < -0.4 is 20.7 Å². The fraction of sp³-hybridized carbons (Fsp3) is 0.469. The summed E-state index contributed by atoms with van der Waals surface area (Å²) in [5.41, 5.74) is 2.62. The van der Waals surface area contributed by atoms with Gasteiger partial charge in [-0.1, -0.05) is 12.0 Å². The molecule has 2 aromatic carbocycles. The lowest BCUT2D eigenvalue weighted by atomic mass is 9.90. The molecule has 43 heavy (non-hydrogen) atoms. The van der Waals surface area contributed by atoms with Crippen LogP contribution in [0.2, 0.25) is 0 Å². The predicted molar refractivity (Wildman–Crippen MR) is 164 cm³/mol. The van der Waals surface area contributed by atoms with Crippen LogP contribution >= 0.6 is 0 Å². The van der Waals surface area contributed by atoms with E-state index in [1.54, 1.807) is 50.6 Å². The number of hydrogen-bond donors (Lipinski definition) is 3. The van der Waals surface area contributed by atoms with Crippen LogP contribution in [0, 0.1) is 11.8 Å². The van der Waals surface area contributed by atoms with Gasteiger partial charge in [-0.05, 0) is 82.1 Å². The van der Waals surface area contributed by atoms with Crippen molar-refractivity contribution >= 4 is 28.2 Å². The molecule has 0 radical (unpaired) electrons. The molecule has 1 aromatic heterocycles. The molecule has 1 heterocycles. The highest BCUT2D eigenvalue weighted by Crippen LogP contribution is 2.32. The van der Waals surface area contributed by atoms with Crippen molar-refractivity contribution in [2.24, 2.45) is 0 Å². The number of carbonyl (C=O) groups excluding carboxylic acids is 1. The van der Waals surface area contributed by atoms with Crippen molar-refractivity contribution in [3.8, 4) is 17.6 Å². The highest BCUT2D eigenvalue weighted by atomic mass is 19.4. The molecule has 0 atom stereocenters.